The predicted octanol–water partition coefficient (Wildman–Crippen LogP) is 3.32. The summed E-state index contributed by atoms with van der Waals surface area (Å²) in [5.74, 6) is -0.00473. The molecule has 0 aromatic heterocycles. The van der Waals surface area contributed by atoms with Gasteiger partial charge in [0.1, 0.15) is 5.75 Å². The highest BCUT2D eigenvalue weighted by molar-refractivity contribution is 6.00. The SMILES string of the molecule is O=C(O)C1=C(c2ccc3c(c2)CC=CO3)CCC=C1. The third-order valence-corrected chi connectivity index (χ3v) is 3.44. The molecule has 2 aliphatic rings. The van der Waals surface area contributed by atoms with Gasteiger partial charge in [0.25, 0.3) is 0 Å². The molecule has 1 aromatic carbocycles. The van der Waals surface area contributed by atoms with E-state index in [1.54, 1.807) is 12.3 Å². The molecule has 0 unspecified atom stereocenters. The Kier molecular flexibility index (Phi) is 2.95. The van der Waals surface area contributed by atoms with Crippen LogP contribution in [0.3, 0.4) is 0 Å². The minimum Gasteiger partial charge on any atom is -0.478 e. The van der Waals surface area contributed by atoms with Crippen LogP contribution in [0.5, 0.6) is 5.75 Å². The number of carbonyl (C=O) groups is 1. The lowest BCUT2D eigenvalue weighted by molar-refractivity contribution is -0.132. The Hall–Kier alpha value is -2.29. The number of rotatable bonds is 2. The van der Waals surface area contributed by atoms with Crippen LogP contribution >= 0.6 is 0 Å². The van der Waals surface area contributed by atoms with Crippen LogP contribution in [0.2, 0.25) is 0 Å². The molecule has 3 rings (SSSR count). The van der Waals surface area contributed by atoms with E-state index in [9.17, 15) is 9.90 Å². The van der Waals surface area contributed by atoms with E-state index in [-0.39, 0.29) is 0 Å². The molecular weight excluding hydrogens is 240 g/mol. The highest BCUT2D eigenvalue weighted by Crippen LogP contribution is 2.33. The van der Waals surface area contributed by atoms with Gasteiger partial charge in [-0.05, 0) is 54.2 Å². The van der Waals surface area contributed by atoms with Crippen molar-refractivity contribution in [2.75, 3.05) is 0 Å². The van der Waals surface area contributed by atoms with E-state index in [1.807, 2.05) is 30.4 Å². The van der Waals surface area contributed by atoms with Crippen molar-refractivity contribution in [3.05, 3.63) is 59.4 Å². The zero-order valence-electron chi connectivity index (χ0n) is 10.4. The molecule has 1 heterocycles. The normalized spacial score (nSPS) is 17.1. The van der Waals surface area contributed by atoms with Crippen molar-refractivity contribution < 1.29 is 14.6 Å². The second-order valence-corrected chi connectivity index (χ2v) is 4.65. The third kappa shape index (κ3) is 2.19. The quantitative estimate of drug-likeness (QED) is 0.880. The number of carboxylic acids is 1. The summed E-state index contributed by atoms with van der Waals surface area (Å²) in [6.45, 7) is 0. The maximum atomic E-state index is 11.3. The summed E-state index contributed by atoms with van der Waals surface area (Å²) in [7, 11) is 0. The van der Waals surface area contributed by atoms with Crippen molar-refractivity contribution in [1.29, 1.82) is 0 Å². The van der Waals surface area contributed by atoms with Gasteiger partial charge in [-0.1, -0.05) is 18.2 Å². The van der Waals surface area contributed by atoms with Gasteiger partial charge in [-0.25, -0.2) is 4.79 Å². The molecule has 19 heavy (non-hydrogen) atoms. The smallest absolute Gasteiger partial charge is 0.335 e. The van der Waals surface area contributed by atoms with Crippen LogP contribution in [-0.2, 0) is 11.2 Å². The first-order chi connectivity index (χ1) is 9.25. The Labute approximate surface area is 111 Å². The molecular formula is C16H14O3. The number of aliphatic carboxylic acids is 1. The van der Waals surface area contributed by atoms with Gasteiger partial charge in [-0.15, -0.1) is 0 Å². The van der Waals surface area contributed by atoms with E-state index in [0.717, 1.165) is 41.7 Å². The molecule has 1 N–H and O–H groups in total. The minimum atomic E-state index is -0.861. The number of benzene rings is 1. The summed E-state index contributed by atoms with van der Waals surface area (Å²) in [5, 5.41) is 9.26. The Bertz CT molecular complexity index is 621. The Morgan fingerprint density at radius 1 is 1.26 bits per heavy atom. The van der Waals surface area contributed by atoms with Crippen LogP contribution in [0.4, 0.5) is 0 Å². The van der Waals surface area contributed by atoms with Crippen LogP contribution in [-0.4, -0.2) is 11.1 Å². The van der Waals surface area contributed by atoms with E-state index in [4.69, 9.17) is 4.74 Å². The summed E-state index contributed by atoms with van der Waals surface area (Å²) in [6.07, 6.45) is 9.75. The zero-order valence-corrected chi connectivity index (χ0v) is 10.4. The summed E-state index contributed by atoms with van der Waals surface area (Å²) in [6, 6.07) is 5.89. The van der Waals surface area contributed by atoms with Crippen LogP contribution in [0.1, 0.15) is 24.0 Å². The third-order valence-electron chi connectivity index (χ3n) is 3.44. The van der Waals surface area contributed by atoms with Gasteiger partial charge in [-0.2, -0.15) is 0 Å². The molecule has 1 aliphatic carbocycles. The Balaban J connectivity index is 2.07. The average Bonchev–Trinajstić information content (AvgIpc) is 2.46. The maximum absolute atomic E-state index is 11.3. The molecule has 0 spiro atoms. The van der Waals surface area contributed by atoms with E-state index in [0.29, 0.717) is 5.57 Å². The summed E-state index contributed by atoms with van der Waals surface area (Å²) >= 11 is 0. The molecule has 3 heteroatoms. The lowest BCUT2D eigenvalue weighted by atomic mass is 9.90. The van der Waals surface area contributed by atoms with E-state index >= 15 is 0 Å². The summed E-state index contributed by atoms with van der Waals surface area (Å²) in [4.78, 5) is 11.3. The lowest BCUT2D eigenvalue weighted by Gasteiger charge is -2.17. The average molecular weight is 254 g/mol. The first-order valence-electron chi connectivity index (χ1n) is 6.33. The van der Waals surface area contributed by atoms with Crippen LogP contribution < -0.4 is 4.74 Å². The predicted molar refractivity (Wildman–Crippen MR) is 72.8 cm³/mol. The van der Waals surface area contributed by atoms with Crippen molar-refractivity contribution >= 4 is 11.5 Å². The number of carboxylic acid groups (broad SMARTS) is 1. The van der Waals surface area contributed by atoms with Gasteiger partial charge in [0.15, 0.2) is 0 Å². The standard InChI is InChI=1S/C16H14O3/c17-16(18)14-6-2-1-5-13(14)11-7-8-15-12(10-11)4-3-9-19-15/h2-3,6-10H,1,4-5H2,(H,17,18). The Morgan fingerprint density at radius 2 is 2.16 bits per heavy atom. The fourth-order valence-corrected chi connectivity index (χ4v) is 2.50. The molecule has 0 atom stereocenters. The van der Waals surface area contributed by atoms with E-state index < -0.39 is 5.97 Å². The molecule has 96 valence electrons. The summed E-state index contributed by atoms with van der Waals surface area (Å²) in [5.41, 5.74) is 3.40. The fraction of sp³-hybridized carbons (Fsp3) is 0.188. The first-order valence-corrected chi connectivity index (χ1v) is 6.33. The molecule has 0 saturated carbocycles. The van der Waals surface area contributed by atoms with Gasteiger partial charge < -0.3 is 9.84 Å². The second-order valence-electron chi connectivity index (χ2n) is 4.65. The minimum absolute atomic E-state index is 0.401. The number of fused-ring (bicyclic) bond motifs is 1. The zero-order chi connectivity index (χ0) is 13.2. The monoisotopic (exact) mass is 254 g/mol. The number of allylic oxidation sites excluding steroid dienone is 3. The largest absolute Gasteiger partial charge is 0.478 e. The van der Waals surface area contributed by atoms with Crippen LogP contribution in [0.15, 0.2) is 48.3 Å². The molecule has 0 amide bonds. The number of ether oxygens (including phenoxy) is 1. The topological polar surface area (TPSA) is 46.5 Å². The van der Waals surface area contributed by atoms with Gasteiger partial charge in [-0.3, -0.25) is 0 Å². The molecule has 0 bridgehead atoms. The first kappa shape index (κ1) is 11.8. The van der Waals surface area contributed by atoms with Crippen molar-refractivity contribution in [3.8, 4) is 5.75 Å². The maximum Gasteiger partial charge on any atom is 0.335 e. The molecule has 1 aromatic rings. The molecule has 0 fully saturated rings. The molecule has 3 nitrogen and oxygen atoms in total. The van der Waals surface area contributed by atoms with Gasteiger partial charge >= 0.3 is 5.97 Å². The highest BCUT2D eigenvalue weighted by atomic mass is 16.5. The number of hydrogen-bond acceptors (Lipinski definition) is 2. The fourth-order valence-electron chi connectivity index (χ4n) is 2.50. The van der Waals surface area contributed by atoms with Gasteiger partial charge in [0.2, 0.25) is 0 Å². The van der Waals surface area contributed by atoms with E-state index in [2.05, 4.69) is 0 Å². The van der Waals surface area contributed by atoms with Gasteiger partial charge in [0.05, 0.1) is 11.8 Å². The highest BCUT2D eigenvalue weighted by Gasteiger charge is 2.17. The van der Waals surface area contributed by atoms with Crippen molar-refractivity contribution in [2.24, 2.45) is 0 Å². The second kappa shape index (κ2) is 4.76. The van der Waals surface area contributed by atoms with E-state index in [1.165, 1.54) is 0 Å². The Morgan fingerprint density at radius 3 is 3.00 bits per heavy atom. The molecule has 0 saturated heterocycles. The van der Waals surface area contributed by atoms with Gasteiger partial charge in [0, 0.05) is 0 Å². The van der Waals surface area contributed by atoms with Crippen molar-refractivity contribution in [2.45, 2.75) is 19.3 Å². The summed E-state index contributed by atoms with van der Waals surface area (Å²) < 4.78 is 5.41. The lowest BCUT2D eigenvalue weighted by Crippen LogP contribution is -2.06. The van der Waals surface area contributed by atoms with Crippen LogP contribution in [0, 0.1) is 0 Å². The molecule has 0 radical (unpaired) electrons. The molecule has 1 aliphatic heterocycles. The number of hydrogen-bond donors (Lipinski definition) is 1. The van der Waals surface area contributed by atoms with Crippen molar-refractivity contribution in [1.82, 2.24) is 0 Å². The van der Waals surface area contributed by atoms with Crippen molar-refractivity contribution in [3.63, 3.8) is 0 Å². The van der Waals surface area contributed by atoms with Crippen LogP contribution in [0.25, 0.3) is 5.57 Å².